The van der Waals surface area contributed by atoms with Crippen molar-refractivity contribution < 1.29 is 13.9 Å². The molecule has 1 aliphatic heterocycles. The maximum absolute atomic E-state index is 14.5. The molecule has 1 aliphatic rings. The Kier molecular flexibility index (Phi) is 5.09. The van der Waals surface area contributed by atoms with Gasteiger partial charge < -0.3 is 25.8 Å². The summed E-state index contributed by atoms with van der Waals surface area (Å²) in [4.78, 5) is 19.0. The molecule has 0 bridgehead atoms. The first-order valence-electron chi connectivity index (χ1n) is 9.00. The third-order valence-corrected chi connectivity index (χ3v) is 4.58. The van der Waals surface area contributed by atoms with E-state index < -0.39 is 5.82 Å². The van der Waals surface area contributed by atoms with Gasteiger partial charge in [0.1, 0.15) is 23.0 Å². The number of methoxy groups -OCH3 is 1. The highest BCUT2D eigenvalue weighted by atomic mass is 19.1. The molecule has 3 aromatic rings. The molecule has 3 aromatic heterocycles. The Labute approximate surface area is 166 Å². The molecular formula is C19H20FN7O2. The van der Waals surface area contributed by atoms with Crippen LogP contribution >= 0.6 is 0 Å². The van der Waals surface area contributed by atoms with Crippen LogP contribution in [-0.2, 0) is 4.74 Å². The number of pyridine rings is 2. The maximum atomic E-state index is 14.5. The molecule has 150 valence electrons. The molecule has 0 saturated carbocycles. The fraction of sp³-hybridized carbons (Fsp3) is 0.263. The minimum absolute atomic E-state index is 0.109. The van der Waals surface area contributed by atoms with Crippen molar-refractivity contribution in [2.45, 2.75) is 0 Å². The van der Waals surface area contributed by atoms with Crippen molar-refractivity contribution in [3.05, 3.63) is 36.3 Å². The average molecular weight is 397 g/mol. The topological polar surface area (TPSA) is 125 Å². The number of hydrogen-bond donors (Lipinski definition) is 2. The predicted molar refractivity (Wildman–Crippen MR) is 107 cm³/mol. The summed E-state index contributed by atoms with van der Waals surface area (Å²) >= 11 is 0. The van der Waals surface area contributed by atoms with Crippen LogP contribution in [0.15, 0.2) is 30.5 Å². The van der Waals surface area contributed by atoms with Gasteiger partial charge in [-0.05, 0) is 18.2 Å². The minimum atomic E-state index is -0.632. The number of ether oxygens (including phenoxy) is 2. The van der Waals surface area contributed by atoms with Gasteiger partial charge in [0.15, 0.2) is 11.6 Å². The highest BCUT2D eigenvalue weighted by molar-refractivity contribution is 5.72. The van der Waals surface area contributed by atoms with Gasteiger partial charge >= 0.3 is 0 Å². The molecule has 0 spiro atoms. The quantitative estimate of drug-likeness (QED) is 0.677. The number of nitrogen functional groups attached to an aromatic ring is 2. The van der Waals surface area contributed by atoms with Crippen LogP contribution in [-0.4, -0.2) is 53.3 Å². The summed E-state index contributed by atoms with van der Waals surface area (Å²) in [6.07, 6.45) is 1.43. The Hall–Kier alpha value is -3.53. The Bertz CT molecular complexity index is 1040. The van der Waals surface area contributed by atoms with E-state index >= 15 is 0 Å². The second kappa shape index (κ2) is 7.84. The van der Waals surface area contributed by atoms with Gasteiger partial charge in [0.25, 0.3) is 0 Å². The average Bonchev–Trinajstić information content (AvgIpc) is 2.75. The lowest BCUT2D eigenvalue weighted by Crippen LogP contribution is -2.36. The van der Waals surface area contributed by atoms with E-state index in [0.29, 0.717) is 55.0 Å². The Morgan fingerprint density at radius 3 is 2.62 bits per heavy atom. The molecule has 0 atom stereocenters. The minimum Gasteiger partial charge on any atom is -0.494 e. The van der Waals surface area contributed by atoms with E-state index in [9.17, 15) is 4.39 Å². The first-order chi connectivity index (χ1) is 14.1. The van der Waals surface area contributed by atoms with Gasteiger partial charge in [-0.2, -0.15) is 4.98 Å². The number of nitrogens with zero attached hydrogens (tertiary/aromatic N) is 5. The van der Waals surface area contributed by atoms with E-state index in [1.165, 1.54) is 19.4 Å². The van der Waals surface area contributed by atoms with Crippen LogP contribution in [0.4, 0.5) is 22.0 Å². The van der Waals surface area contributed by atoms with Crippen molar-refractivity contribution in [3.63, 3.8) is 0 Å². The molecule has 0 radical (unpaired) electrons. The molecule has 10 heteroatoms. The molecule has 0 aromatic carbocycles. The molecule has 29 heavy (non-hydrogen) atoms. The SMILES string of the molecule is COc1ccc(-c2ccnc(N)c2F)nc1-c1cc(N2CCOCC2)nc(N)n1. The highest BCUT2D eigenvalue weighted by Gasteiger charge is 2.19. The van der Waals surface area contributed by atoms with Crippen LogP contribution in [0.5, 0.6) is 5.75 Å². The van der Waals surface area contributed by atoms with E-state index in [0.717, 1.165) is 0 Å². The monoisotopic (exact) mass is 397 g/mol. The third-order valence-electron chi connectivity index (χ3n) is 4.58. The normalized spacial score (nSPS) is 14.1. The van der Waals surface area contributed by atoms with Crippen LogP contribution in [0, 0.1) is 5.82 Å². The van der Waals surface area contributed by atoms with Crippen molar-refractivity contribution >= 4 is 17.6 Å². The number of morpholine rings is 1. The van der Waals surface area contributed by atoms with E-state index in [4.69, 9.17) is 20.9 Å². The number of anilines is 3. The molecule has 0 amide bonds. The lowest BCUT2D eigenvalue weighted by atomic mass is 10.1. The summed E-state index contributed by atoms with van der Waals surface area (Å²) in [6.45, 7) is 2.61. The van der Waals surface area contributed by atoms with Crippen molar-refractivity contribution in [1.29, 1.82) is 0 Å². The zero-order valence-electron chi connectivity index (χ0n) is 15.8. The molecule has 9 nitrogen and oxygen atoms in total. The number of halogens is 1. The summed E-state index contributed by atoms with van der Waals surface area (Å²) in [5.74, 6) is 0.430. The first kappa shape index (κ1) is 18.8. The molecule has 4 heterocycles. The van der Waals surface area contributed by atoms with Gasteiger partial charge in [0, 0.05) is 30.9 Å². The molecule has 4 rings (SSSR count). The van der Waals surface area contributed by atoms with Crippen LogP contribution in [0.25, 0.3) is 22.6 Å². The zero-order valence-corrected chi connectivity index (χ0v) is 15.8. The van der Waals surface area contributed by atoms with Crippen molar-refractivity contribution in [2.24, 2.45) is 0 Å². The molecule has 0 aliphatic carbocycles. The Balaban J connectivity index is 1.81. The highest BCUT2D eigenvalue weighted by Crippen LogP contribution is 2.33. The fourth-order valence-electron chi connectivity index (χ4n) is 3.13. The third kappa shape index (κ3) is 3.74. The number of aromatic nitrogens is 4. The van der Waals surface area contributed by atoms with Crippen LogP contribution in [0.3, 0.4) is 0 Å². The summed E-state index contributed by atoms with van der Waals surface area (Å²) in [7, 11) is 1.53. The van der Waals surface area contributed by atoms with Crippen LogP contribution in [0.2, 0.25) is 0 Å². The number of hydrogen-bond acceptors (Lipinski definition) is 9. The molecular weight excluding hydrogens is 377 g/mol. The lowest BCUT2D eigenvalue weighted by Gasteiger charge is -2.28. The predicted octanol–water partition coefficient (Wildman–Crippen LogP) is 1.75. The molecule has 0 unspecified atom stereocenters. The van der Waals surface area contributed by atoms with Crippen molar-refractivity contribution in [1.82, 2.24) is 19.9 Å². The van der Waals surface area contributed by atoms with Gasteiger partial charge in [-0.3, -0.25) is 0 Å². The van der Waals surface area contributed by atoms with E-state index in [-0.39, 0.29) is 17.3 Å². The lowest BCUT2D eigenvalue weighted by molar-refractivity contribution is 0.122. The van der Waals surface area contributed by atoms with E-state index in [2.05, 4.69) is 24.8 Å². The smallest absolute Gasteiger partial charge is 0.222 e. The Morgan fingerprint density at radius 1 is 1.07 bits per heavy atom. The standard InChI is InChI=1S/C19H20FN7O2/c1-28-14-3-2-12(11-4-5-23-18(21)16(11)20)24-17(14)13-10-15(26-19(22)25-13)27-6-8-29-9-7-27/h2-5,10H,6-9H2,1H3,(H2,21,23)(H2,22,25,26). The second-order valence-electron chi connectivity index (χ2n) is 6.37. The molecule has 1 saturated heterocycles. The van der Waals surface area contributed by atoms with E-state index in [1.54, 1.807) is 18.2 Å². The van der Waals surface area contributed by atoms with Gasteiger partial charge in [0.2, 0.25) is 5.95 Å². The maximum Gasteiger partial charge on any atom is 0.222 e. The van der Waals surface area contributed by atoms with Crippen LogP contribution < -0.4 is 21.1 Å². The van der Waals surface area contributed by atoms with Crippen molar-refractivity contribution in [2.75, 3.05) is 49.8 Å². The Morgan fingerprint density at radius 2 is 1.86 bits per heavy atom. The summed E-state index contributed by atoms with van der Waals surface area (Å²) < 4.78 is 25.3. The number of rotatable bonds is 4. The fourth-order valence-corrected chi connectivity index (χ4v) is 3.13. The largest absolute Gasteiger partial charge is 0.494 e. The van der Waals surface area contributed by atoms with Gasteiger partial charge in [-0.15, -0.1) is 0 Å². The summed E-state index contributed by atoms with van der Waals surface area (Å²) in [6, 6.07) is 6.64. The second-order valence-corrected chi connectivity index (χ2v) is 6.37. The van der Waals surface area contributed by atoms with Crippen molar-refractivity contribution in [3.8, 4) is 28.4 Å². The molecule has 1 fully saturated rings. The van der Waals surface area contributed by atoms with E-state index in [1.807, 2.05) is 0 Å². The summed E-state index contributed by atoms with van der Waals surface area (Å²) in [5.41, 5.74) is 13.0. The van der Waals surface area contributed by atoms with Crippen LogP contribution in [0.1, 0.15) is 0 Å². The first-order valence-corrected chi connectivity index (χ1v) is 9.00. The van der Waals surface area contributed by atoms with Gasteiger partial charge in [-0.1, -0.05) is 0 Å². The zero-order chi connectivity index (χ0) is 20.4. The number of nitrogens with two attached hydrogens (primary N) is 2. The van der Waals surface area contributed by atoms with Gasteiger partial charge in [-0.25, -0.2) is 19.3 Å². The van der Waals surface area contributed by atoms with Gasteiger partial charge in [0.05, 0.1) is 26.0 Å². The summed E-state index contributed by atoms with van der Waals surface area (Å²) in [5, 5.41) is 0. The molecule has 4 N–H and O–H groups in total.